The van der Waals surface area contributed by atoms with E-state index in [1.165, 1.54) is 7.11 Å². The van der Waals surface area contributed by atoms with Crippen LogP contribution in [0.1, 0.15) is 17.2 Å². The Balaban J connectivity index is 1.62. The maximum absolute atomic E-state index is 12.5. The molecule has 27 heavy (non-hydrogen) atoms. The van der Waals surface area contributed by atoms with Gasteiger partial charge in [-0.15, -0.1) is 0 Å². The Labute approximate surface area is 163 Å². The smallest absolute Gasteiger partial charge is 0.226 e. The summed E-state index contributed by atoms with van der Waals surface area (Å²) in [5.74, 6) is 1.37. The van der Waals surface area contributed by atoms with Crippen molar-refractivity contribution in [2.45, 2.75) is 12.5 Å². The molecule has 3 rings (SSSR count). The maximum Gasteiger partial charge on any atom is 0.226 e. The number of halogens is 1. The lowest BCUT2D eigenvalue weighted by atomic mass is 9.96. The third-order valence-corrected chi connectivity index (χ3v) is 4.80. The summed E-state index contributed by atoms with van der Waals surface area (Å²) in [6, 6.07) is 10.5. The van der Waals surface area contributed by atoms with E-state index in [1.807, 2.05) is 12.1 Å². The molecule has 0 aliphatic carbocycles. The molecule has 1 aliphatic heterocycles. The molecule has 0 bridgehead atoms. The molecule has 2 aromatic rings. The van der Waals surface area contributed by atoms with Crippen molar-refractivity contribution in [1.82, 2.24) is 5.32 Å². The predicted octanol–water partition coefficient (Wildman–Crippen LogP) is 2.76. The zero-order chi connectivity index (χ0) is 19.4. The molecule has 0 saturated heterocycles. The van der Waals surface area contributed by atoms with Crippen LogP contribution >= 0.6 is 11.6 Å². The highest BCUT2D eigenvalue weighted by Crippen LogP contribution is 2.31. The Morgan fingerprint density at radius 3 is 2.85 bits per heavy atom. The van der Waals surface area contributed by atoms with Crippen molar-refractivity contribution >= 4 is 17.5 Å². The lowest BCUT2D eigenvalue weighted by molar-refractivity contribution is -0.126. The second-order valence-electron chi connectivity index (χ2n) is 6.33. The molecule has 0 spiro atoms. The van der Waals surface area contributed by atoms with Crippen LogP contribution in [0.25, 0.3) is 0 Å². The van der Waals surface area contributed by atoms with Crippen LogP contribution in [-0.2, 0) is 11.2 Å². The molecule has 7 heteroatoms. The van der Waals surface area contributed by atoms with Crippen LogP contribution < -0.4 is 19.5 Å². The molecule has 2 N–H and O–H groups in total. The van der Waals surface area contributed by atoms with E-state index in [0.29, 0.717) is 35.1 Å². The Kier molecular flexibility index (Phi) is 6.08. The first-order valence-corrected chi connectivity index (χ1v) is 8.98. The number of aliphatic hydroxyl groups excluding tert-OH is 1. The van der Waals surface area contributed by atoms with E-state index in [9.17, 15) is 9.90 Å². The van der Waals surface area contributed by atoms with Crippen molar-refractivity contribution in [2.24, 2.45) is 5.92 Å². The van der Waals surface area contributed by atoms with E-state index in [0.717, 1.165) is 11.3 Å². The molecule has 2 aromatic carbocycles. The number of benzene rings is 2. The highest BCUT2D eigenvalue weighted by molar-refractivity contribution is 6.30. The number of fused-ring (bicyclic) bond motifs is 1. The SMILES string of the molecule is COc1ccc(OC)c(C(O)CNC(=O)C2COc3ccc(Cl)cc3C2)c1. The van der Waals surface area contributed by atoms with Gasteiger partial charge in [0.1, 0.15) is 23.9 Å². The van der Waals surface area contributed by atoms with E-state index >= 15 is 0 Å². The Bertz CT molecular complexity index is 826. The number of rotatable bonds is 6. The van der Waals surface area contributed by atoms with E-state index < -0.39 is 6.10 Å². The van der Waals surface area contributed by atoms with Gasteiger partial charge in [0.15, 0.2) is 0 Å². The van der Waals surface area contributed by atoms with Crippen molar-refractivity contribution in [1.29, 1.82) is 0 Å². The lowest BCUT2D eigenvalue weighted by Crippen LogP contribution is -2.39. The minimum Gasteiger partial charge on any atom is -0.497 e. The van der Waals surface area contributed by atoms with E-state index in [4.69, 9.17) is 25.8 Å². The number of carbonyl (C=O) groups excluding carboxylic acids is 1. The summed E-state index contributed by atoms with van der Waals surface area (Å²) >= 11 is 6.02. The monoisotopic (exact) mass is 391 g/mol. The van der Waals surface area contributed by atoms with Gasteiger partial charge in [-0.2, -0.15) is 0 Å². The minimum atomic E-state index is -0.926. The molecule has 0 fully saturated rings. The van der Waals surface area contributed by atoms with Crippen LogP contribution in [0.5, 0.6) is 17.2 Å². The highest BCUT2D eigenvalue weighted by atomic mass is 35.5. The summed E-state index contributed by atoms with van der Waals surface area (Å²) in [5.41, 5.74) is 1.46. The van der Waals surface area contributed by atoms with Gasteiger partial charge in [-0.25, -0.2) is 0 Å². The highest BCUT2D eigenvalue weighted by Gasteiger charge is 2.27. The van der Waals surface area contributed by atoms with Gasteiger partial charge in [0.05, 0.1) is 26.2 Å². The fourth-order valence-corrected chi connectivity index (χ4v) is 3.28. The van der Waals surface area contributed by atoms with Crippen LogP contribution in [0.15, 0.2) is 36.4 Å². The van der Waals surface area contributed by atoms with Gasteiger partial charge < -0.3 is 24.6 Å². The maximum atomic E-state index is 12.5. The molecule has 1 aliphatic rings. The van der Waals surface area contributed by atoms with Crippen LogP contribution in [-0.4, -0.2) is 38.4 Å². The third-order valence-electron chi connectivity index (χ3n) is 4.57. The Hall–Kier alpha value is -2.44. The number of ether oxygens (including phenoxy) is 3. The number of methoxy groups -OCH3 is 2. The minimum absolute atomic E-state index is 0.0568. The predicted molar refractivity (Wildman–Crippen MR) is 102 cm³/mol. The molecule has 2 unspecified atom stereocenters. The molecule has 2 atom stereocenters. The first-order valence-electron chi connectivity index (χ1n) is 8.60. The van der Waals surface area contributed by atoms with Crippen molar-refractivity contribution in [3.63, 3.8) is 0 Å². The molecule has 144 valence electrons. The van der Waals surface area contributed by atoms with Crippen molar-refractivity contribution in [2.75, 3.05) is 27.4 Å². The molecular formula is C20H22ClNO5. The number of hydrogen-bond acceptors (Lipinski definition) is 5. The van der Waals surface area contributed by atoms with Gasteiger partial charge in [-0.05, 0) is 48.4 Å². The zero-order valence-corrected chi connectivity index (χ0v) is 16.0. The van der Waals surface area contributed by atoms with Gasteiger partial charge in [0.2, 0.25) is 5.91 Å². The molecular weight excluding hydrogens is 370 g/mol. The average Bonchev–Trinajstić information content (AvgIpc) is 2.70. The van der Waals surface area contributed by atoms with Crippen LogP contribution in [0.4, 0.5) is 0 Å². The summed E-state index contributed by atoms with van der Waals surface area (Å²) in [6.45, 7) is 0.348. The second kappa shape index (κ2) is 8.50. The number of nitrogens with one attached hydrogen (secondary N) is 1. The largest absolute Gasteiger partial charge is 0.497 e. The quantitative estimate of drug-likeness (QED) is 0.791. The topological polar surface area (TPSA) is 77.0 Å². The van der Waals surface area contributed by atoms with Crippen LogP contribution in [0.2, 0.25) is 5.02 Å². The zero-order valence-electron chi connectivity index (χ0n) is 15.2. The van der Waals surface area contributed by atoms with Crippen LogP contribution in [0, 0.1) is 5.92 Å². The number of carbonyl (C=O) groups is 1. The third kappa shape index (κ3) is 4.46. The van der Waals surface area contributed by atoms with E-state index in [1.54, 1.807) is 31.4 Å². The van der Waals surface area contributed by atoms with Crippen molar-refractivity contribution in [3.05, 3.63) is 52.5 Å². The average molecular weight is 392 g/mol. The Morgan fingerprint density at radius 2 is 2.11 bits per heavy atom. The number of hydrogen-bond donors (Lipinski definition) is 2. The van der Waals surface area contributed by atoms with Gasteiger partial charge in [-0.1, -0.05) is 11.6 Å². The Morgan fingerprint density at radius 1 is 1.30 bits per heavy atom. The molecule has 0 radical (unpaired) electrons. The van der Waals surface area contributed by atoms with E-state index in [2.05, 4.69) is 5.32 Å². The number of aliphatic hydroxyl groups is 1. The standard InChI is InChI=1S/C20H22ClNO5/c1-25-15-4-6-19(26-2)16(9-15)17(23)10-22-20(24)13-7-12-8-14(21)3-5-18(12)27-11-13/h3-6,8-9,13,17,23H,7,10-11H2,1-2H3,(H,22,24). The molecule has 0 saturated carbocycles. The summed E-state index contributed by atoms with van der Waals surface area (Å²) in [4.78, 5) is 12.5. The van der Waals surface area contributed by atoms with Gasteiger partial charge in [-0.3, -0.25) is 4.79 Å². The van der Waals surface area contributed by atoms with E-state index in [-0.39, 0.29) is 18.4 Å². The van der Waals surface area contributed by atoms with Crippen molar-refractivity contribution in [3.8, 4) is 17.2 Å². The number of amides is 1. The lowest BCUT2D eigenvalue weighted by Gasteiger charge is -2.25. The van der Waals surface area contributed by atoms with Gasteiger partial charge in [0.25, 0.3) is 0 Å². The molecule has 0 aromatic heterocycles. The molecule has 1 heterocycles. The normalized spacial score (nSPS) is 16.7. The molecule has 6 nitrogen and oxygen atoms in total. The molecule has 1 amide bonds. The summed E-state index contributed by atoms with van der Waals surface area (Å²) in [6.07, 6.45) is -0.384. The fraction of sp³-hybridized carbons (Fsp3) is 0.350. The second-order valence-corrected chi connectivity index (χ2v) is 6.77. The van der Waals surface area contributed by atoms with Crippen molar-refractivity contribution < 1.29 is 24.1 Å². The first-order chi connectivity index (χ1) is 13.0. The van der Waals surface area contributed by atoms with Gasteiger partial charge in [0, 0.05) is 17.1 Å². The summed E-state index contributed by atoms with van der Waals surface area (Å²) in [7, 11) is 3.07. The summed E-state index contributed by atoms with van der Waals surface area (Å²) < 4.78 is 16.1. The fourth-order valence-electron chi connectivity index (χ4n) is 3.08. The summed E-state index contributed by atoms with van der Waals surface area (Å²) in [5, 5.41) is 13.9. The van der Waals surface area contributed by atoms with Crippen LogP contribution in [0.3, 0.4) is 0 Å². The first kappa shape index (κ1) is 19.3. The van der Waals surface area contributed by atoms with Gasteiger partial charge >= 0.3 is 0 Å².